The lowest BCUT2D eigenvalue weighted by atomic mass is 10.3. The van der Waals surface area contributed by atoms with E-state index in [1.807, 2.05) is 12.1 Å². The quantitative estimate of drug-likeness (QED) is 0.855. The van der Waals surface area contributed by atoms with E-state index in [0.717, 1.165) is 14.7 Å². The van der Waals surface area contributed by atoms with Gasteiger partial charge in [0.25, 0.3) is 0 Å². The van der Waals surface area contributed by atoms with Gasteiger partial charge in [-0.25, -0.2) is 9.78 Å². The van der Waals surface area contributed by atoms with E-state index in [-0.39, 0.29) is 5.01 Å². The van der Waals surface area contributed by atoms with Gasteiger partial charge in [-0.15, -0.1) is 11.3 Å². The number of thiazole rings is 1. The summed E-state index contributed by atoms with van der Waals surface area (Å²) in [5.74, 6) is -0.975. The van der Waals surface area contributed by atoms with Crippen LogP contribution in [0.2, 0.25) is 0 Å². The van der Waals surface area contributed by atoms with Crippen molar-refractivity contribution < 1.29 is 9.90 Å². The molecular weight excluding hydrogens is 254 g/mol. The number of benzene rings is 1. The van der Waals surface area contributed by atoms with Crippen molar-refractivity contribution in [2.24, 2.45) is 0 Å². The molecule has 1 heterocycles. The molecular formula is C8H4BrNO2S. The summed E-state index contributed by atoms with van der Waals surface area (Å²) < 4.78 is 1.79. The van der Waals surface area contributed by atoms with Crippen LogP contribution in [0.5, 0.6) is 0 Å². The van der Waals surface area contributed by atoms with Gasteiger partial charge in [-0.05, 0) is 18.2 Å². The number of rotatable bonds is 1. The molecule has 0 aliphatic heterocycles. The Kier molecular flexibility index (Phi) is 2.05. The third kappa shape index (κ3) is 1.57. The molecule has 13 heavy (non-hydrogen) atoms. The number of carboxylic acids is 1. The van der Waals surface area contributed by atoms with Crippen LogP contribution < -0.4 is 0 Å². The molecule has 3 nitrogen and oxygen atoms in total. The SMILES string of the molecule is O=C(O)c1nc2cc(Br)ccc2s1. The number of aromatic carboxylic acids is 1. The molecule has 5 heteroatoms. The highest BCUT2D eigenvalue weighted by Gasteiger charge is 2.09. The van der Waals surface area contributed by atoms with Gasteiger partial charge in [0.15, 0.2) is 0 Å². The minimum atomic E-state index is -0.975. The standard InChI is InChI=1S/C8H4BrNO2S/c9-4-1-2-6-5(3-4)10-7(13-6)8(11)12/h1-3H,(H,11,12). The number of carbonyl (C=O) groups is 1. The Morgan fingerprint density at radius 3 is 3.00 bits per heavy atom. The fourth-order valence-electron chi connectivity index (χ4n) is 0.992. The number of fused-ring (bicyclic) bond motifs is 1. The van der Waals surface area contributed by atoms with Crippen molar-refractivity contribution in [3.8, 4) is 0 Å². The fraction of sp³-hybridized carbons (Fsp3) is 0. The van der Waals surface area contributed by atoms with E-state index in [2.05, 4.69) is 20.9 Å². The molecule has 0 atom stereocenters. The summed E-state index contributed by atoms with van der Waals surface area (Å²) in [4.78, 5) is 14.6. The first-order valence-corrected chi connectivity index (χ1v) is 5.07. The van der Waals surface area contributed by atoms with Gasteiger partial charge < -0.3 is 5.11 Å². The molecule has 0 aliphatic carbocycles. The van der Waals surface area contributed by atoms with Gasteiger partial charge in [0.1, 0.15) is 0 Å². The molecule has 0 radical (unpaired) electrons. The number of carboxylic acid groups (broad SMARTS) is 1. The van der Waals surface area contributed by atoms with Crippen LogP contribution in [0, 0.1) is 0 Å². The summed E-state index contributed by atoms with van der Waals surface area (Å²) in [6.07, 6.45) is 0. The van der Waals surface area contributed by atoms with Gasteiger partial charge in [-0.2, -0.15) is 0 Å². The van der Waals surface area contributed by atoms with Crippen molar-refractivity contribution in [3.63, 3.8) is 0 Å². The molecule has 1 aromatic carbocycles. The summed E-state index contributed by atoms with van der Waals surface area (Å²) >= 11 is 4.48. The van der Waals surface area contributed by atoms with Gasteiger partial charge in [0.05, 0.1) is 10.2 Å². The van der Waals surface area contributed by atoms with Crippen molar-refractivity contribution >= 4 is 43.5 Å². The second-order valence-electron chi connectivity index (χ2n) is 2.44. The molecule has 0 spiro atoms. The van der Waals surface area contributed by atoms with Crippen LogP contribution in [0.15, 0.2) is 22.7 Å². The number of nitrogens with zero attached hydrogens (tertiary/aromatic N) is 1. The largest absolute Gasteiger partial charge is 0.476 e. The Morgan fingerprint density at radius 2 is 2.31 bits per heavy atom. The molecule has 0 bridgehead atoms. The van der Waals surface area contributed by atoms with E-state index in [1.165, 1.54) is 11.3 Å². The van der Waals surface area contributed by atoms with Crippen LogP contribution in [0.25, 0.3) is 10.2 Å². The number of hydrogen-bond acceptors (Lipinski definition) is 3. The number of aromatic nitrogens is 1. The van der Waals surface area contributed by atoms with E-state index < -0.39 is 5.97 Å². The molecule has 1 N–H and O–H groups in total. The van der Waals surface area contributed by atoms with Gasteiger partial charge in [0, 0.05) is 4.47 Å². The maximum absolute atomic E-state index is 10.6. The Hall–Kier alpha value is -0.940. The molecule has 2 rings (SSSR count). The summed E-state index contributed by atoms with van der Waals surface area (Å²) in [6, 6.07) is 5.52. The molecule has 0 unspecified atom stereocenters. The van der Waals surface area contributed by atoms with Crippen molar-refractivity contribution in [1.82, 2.24) is 4.98 Å². The van der Waals surface area contributed by atoms with Crippen molar-refractivity contribution in [1.29, 1.82) is 0 Å². The molecule has 0 amide bonds. The molecule has 66 valence electrons. The zero-order chi connectivity index (χ0) is 9.42. The second-order valence-corrected chi connectivity index (χ2v) is 4.38. The Bertz CT molecular complexity index is 480. The van der Waals surface area contributed by atoms with Crippen LogP contribution in [0.4, 0.5) is 0 Å². The van der Waals surface area contributed by atoms with Crippen molar-refractivity contribution in [2.75, 3.05) is 0 Å². The van der Waals surface area contributed by atoms with Gasteiger partial charge in [-0.1, -0.05) is 15.9 Å². The average Bonchev–Trinajstić information content (AvgIpc) is 2.46. The summed E-state index contributed by atoms with van der Waals surface area (Å²) in [6.45, 7) is 0. The van der Waals surface area contributed by atoms with E-state index in [4.69, 9.17) is 5.11 Å². The minimum absolute atomic E-state index is 0.133. The monoisotopic (exact) mass is 257 g/mol. The highest BCUT2D eigenvalue weighted by atomic mass is 79.9. The first-order chi connectivity index (χ1) is 6.16. The number of halogens is 1. The lowest BCUT2D eigenvalue weighted by Crippen LogP contribution is -1.93. The Labute approximate surface area is 86.2 Å². The molecule has 1 aromatic heterocycles. The smallest absolute Gasteiger partial charge is 0.365 e. The first kappa shape index (κ1) is 8.65. The van der Waals surface area contributed by atoms with Crippen LogP contribution in [0.1, 0.15) is 9.80 Å². The first-order valence-electron chi connectivity index (χ1n) is 3.46. The zero-order valence-corrected chi connectivity index (χ0v) is 8.72. The lowest BCUT2D eigenvalue weighted by Gasteiger charge is -1.86. The van der Waals surface area contributed by atoms with Gasteiger partial charge in [-0.3, -0.25) is 0 Å². The lowest BCUT2D eigenvalue weighted by molar-refractivity contribution is 0.0696. The predicted molar refractivity (Wildman–Crippen MR) is 54.3 cm³/mol. The van der Waals surface area contributed by atoms with Gasteiger partial charge in [0.2, 0.25) is 5.01 Å². The highest BCUT2D eigenvalue weighted by Crippen LogP contribution is 2.24. The van der Waals surface area contributed by atoms with E-state index >= 15 is 0 Å². The zero-order valence-electron chi connectivity index (χ0n) is 6.32. The maximum atomic E-state index is 10.6. The van der Waals surface area contributed by atoms with Crippen LogP contribution >= 0.6 is 27.3 Å². The Balaban J connectivity index is 2.68. The third-order valence-electron chi connectivity index (χ3n) is 1.53. The van der Waals surface area contributed by atoms with Crippen molar-refractivity contribution in [2.45, 2.75) is 0 Å². The summed E-state index contributed by atoms with van der Waals surface area (Å²) in [7, 11) is 0. The second kappa shape index (κ2) is 3.08. The van der Waals surface area contributed by atoms with Crippen LogP contribution in [-0.4, -0.2) is 16.1 Å². The molecule has 0 aliphatic rings. The molecule has 0 saturated heterocycles. The third-order valence-corrected chi connectivity index (χ3v) is 3.05. The number of hydrogen-bond donors (Lipinski definition) is 1. The minimum Gasteiger partial charge on any atom is -0.476 e. The topological polar surface area (TPSA) is 50.2 Å². The van der Waals surface area contributed by atoms with E-state index in [1.54, 1.807) is 6.07 Å². The van der Waals surface area contributed by atoms with Crippen molar-refractivity contribution in [3.05, 3.63) is 27.7 Å². The van der Waals surface area contributed by atoms with Gasteiger partial charge >= 0.3 is 5.97 Å². The molecule has 2 aromatic rings. The molecule has 0 fully saturated rings. The molecule has 0 saturated carbocycles. The normalized spacial score (nSPS) is 10.5. The summed E-state index contributed by atoms with van der Waals surface area (Å²) in [5.41, 5.74) is 0.719. The average molecular weight is 258 g/mol. The maximum Gasteiger partial charge on any atom is 0.365 e. The Morgan fingerprint density at radius 1 is 1.54 bits per heavy atom. The van der Waals surface area contributed by atoms with E-state index in [0.29, 0.717) is 0 Å². The van der Waals surface area contributed by atoms with Crippen LogP contribution in [-0.2, 0) is 0 Å². The predicted octanol–water partition coefficient (Wildman–Crippen LogP) is 2.76. The fourth-order valence-corrected chi connectivity index (χ4v) is 2.13. The van der Waals surface area contributed by atoms with Crippen LogP contribution in [0.3, 0.4) is 0 Å². The highest BCUT2D eigenvalue weighted by molar-refractivity contribution is 9.10. The summed E-state index contributed by atoms with van der Waals surface area (Å²) in [5, 5.41) is 8.82. The van der Waals surface area contributed by atoms with E-state index in [9.17, 15) is 4.79 Å².